The molecule has 5 aromatic rings. The SMILES string of the molecule is COc1ccc(-n2nc(-c3ccccc3)n[n+]2-c2nc3ccccc3s2)cc1. The Morgan fingerprint density at radius 3 is 2.39 bits per heavy atom. The summed E-state index contributed by atoms with van der Waals surface area (Å²) >= 11 is 1.58. The van der Waals surface area contributed by atoms with Crippen molar-refractivity contribution in [1.82, 2.24) is 20.0 Å². The van der Waals surface area contributed by atoms with Crippen molar-refractivity contribution in [2.45, 2.75) is 0 Å². The Morgan fingerprint density at radius 2 is 1.64 bits per heavy atom. The summed E-state index contributed by atoms with van der Waals surface area (Å²) in [5, 5.41) is 10.3. The molecule has 0 bridgehead atoms. The summed E-state index contributed by atoms with van der Waals surface area (Å²) in [6.45, 7) is 0. The fourth-order valence-electron chi connectivity index (χ4n) is 2.94. The fourth-order valence-corrected chi connectivity index (χ4v) is 3.84. The molecule has 2 aromatic heterocycles. The number of hydrogen-bond acceptors (Lipinski definition) is 5. The Labute approximate surface area is 165 Å². The van der Waals surface area contributed by atoms with Gasteiger partial charge in [0.05, 0.1) is 11.8 Å². The summed E-state index contributed by atoms with van der Waals surface area (Å²) in [5.74, 6) is 1.43. The van der Waals surface area contributed by atoms with Crippen LogP contribution in [0.25, 0.3) is 32.4 Å². The number of methoxy groups -OCH3 is 1. The van der Waals surface area contributed by atoms with Gasteiger partial charge in [0, 0.05) is 10.7 Å². The number of para-hydroxylation sites is 1. The maximum absolute atomic E-state index is 5.27. The maximum atomic E-state index is 5.27. The molecule has 0 radical (unpaired) electrons. The van der Waals surface area contributed by atoms with Gasteiger partial charge in [-0.25, -0.2) is 0 Å². The maximum Gasteiger partial charge on any atom is 0.365 e. The van der Waals surface area contributed by atoms with Crippen molar-refractivity contribution in [3.05, 3.63) is 78.9 Å². The zero-order valence-corrected chi connectivity index (χ0v) is 15.9. The number of benzene rings is 3. The van der Waals surface area contributed by atoms with Crippen LogP contribution in [-0.4, -0.2) is 27.1 Å². The van der Waals surface area contributed by atoms with Gasteiger partial charge in [-0.2, -0.15) is 0 Å². The minimum Gasteiger partial charge on any atom is -0.497 e. The summed E-state index contributed by atoms with van der Waals surface area (Å²) in [5.41, 5.74) is 2.76. The first-order valence-electron chi connectivity index (χ1n) is 8.77. The Morgan fingerprint density at radius 1 is 0.893 bits per heavy atom. The van der Waals surface area contributed by atoms with Crippen molar-refractivity contribution in [2.75, 3.05) is 7.11 Å². The molecule has 0 aliphatic heterocycles. The van der Waals surface area contributed by atoms with E-state index in [0.717, 1.165) is 32.3 Å². The van der Waals surface area contributed by atoms with Crippen LogP contribution < -0.4 is 9.53 Å². The van der Waals surface area contributed by atoms with E-state index in [1.165, 1.54) is 0 Å². The fraction of sp³-hybridized carbons (Fsp3) is 0.0476. The number of rotatable bonds is 4. The number of fused-ring (bicyclic) bond motifs is 1. The third-order valence-electron chi connectivity index (χ3n) is 4.35. The Kier molecular flexibility index (Phi) is 4.06. The zero-order valence-electron chi connectivity index (χ0n) is 15.1. The lowest BCUT2D eigenvalue weighted by atomic mass is 10.2. The van der Waals surface area contributed by atoms with Crippen LogP contribution in [0.15, 0.2) is 78.9 Å². The molecule has 0 unspecified atom stereocenters. The van der Waals surface area contributed by atoms with Crippen LogP contribution in [0, 0.1) is 0 Å². The Hall–Kier alpha value is -3.58. The molecule has 3 aromatic carbocycles. The summed E-state index contributed by atoms with van der Waals surface area (Å²) < 4.78 is 6.38. The molecule has 0 aliphatic carbocycles. The molecule has 0 saturated heterocycles. The molecule has 0 fully saturated rings. The molecule has 7 heteroatoms. The predicted octanol–water partition coefficient (Wildman–Crippen LogP) is 3.83. The molecule has 0 saturated carbocycles. The summed E-state index contributed by atoms with van der Waals surface area (Å²) in [4.78, 5) is 8.25. The van der Waals surface area contributed by atoms with Crippen molar-refractivity contribution in [3.8, 4) is 28.0 Å². The van der Waals surface area contributed by atoms with E-state index in [0.29, 0.717) is 5.82 Å². The molecule has 28 heavy (non-hydrogen) atoms. The minimum absolute atomic E-state index is 0.635. The highest BCUT2D eigenvalue weighted by Crippen LogP contribution is 2.23. The highest BCUT2D eigenvalue weighted by atomic mass is 32.1. The van der Waals surface area contributed by atoms with E-state index in [2.05, 4.69) is 6.07 Å². The van der Waals surface area contributed by atoms with Gasteiger partial charge in [-0.15, -0.1) is 0 Å². The van der Waals surface area contributed by atoms with Crippen LogP contribution in [0.1, 0.15) is 0 Å². The number of nitrogens with zero attached hydrogens (tertiary/aromatic N) is 5. The van der Waals surface area contributed by atoms with E-state index < -0.39 is 0 Å². The van der Waals surface area contributed by atoms with Gasteiger partial charge in [0.15, 0.2) is 5.52 Å². The van der Waals surface area contributed by atoms with Gasteiger partial charge in [-0.05, 0) is 63.2 Å². The third-order valence-corrected chi connectivity index (χ3v) is 5.35. The summed E-state index contributed by atoms with van der Waals surface area (Å²) in [6, 6.07) is 25.7. The molecule has 2 heterocycles. The number of aromatic nitrogens is 5. The molecule has 136 valence electrons. The van der Waals surface area contributed by atoms with Crippen LogP contribution in [-0.2, 0) is 0 Å². The Balaban J connectivity index is 1.70. The van der Waals surface area contributed by atoms with Gasteiger partial charge in [0.2, 0.25) is 0 Å². The number of hydrogen-bond donors (Lipinski definition) is 0. The van der Waals surface area contributed by atoms with Crippen LogP contribution in [0.3, 0.4) is 0 Å². The first kappa shape index (κ1) is 16.6. The summed E-state index contributed by atoms with van der Waals surface area (Å²) in [7, 11) is 1.65. The molecule has 0 amide bonds. The first-order valence-corrected chi connectivity index (χ1v) is 9.59. The molecule has 6 nitrogen and oxygen atoms in total. The van der Waals surface area contributed by atoms with E-state index in [4.69, 9.17) is 19.9 Å². The number of ether oxygens (including phenoxy) is 1. The first-order chi connectivity index (χ1) is 13.8. The van der Waals surface area contributed by atoms with Crippen molar-refractivity contribution in [3.63, 3.8) is 0 Å². The van der Waals surface area contributed by atoms with Crippen LogP contribution in [0.5, 0.6) is 5.75 Å². The lowest BCUT2D eigenvalue weighted by molar-refractivity contribution is -0.734. The average Bonchev–Trinajstić information content (AvgIpc) is 3.39. The molecule has 0 N–H and O–H groups in total. The second-order valence-electron chi connectivity index (χ2n) is 6.13. The molecule has 5 rings (SSSR count). The quantitative estimate of drug-likeness (QED) is 0.441. The molecule has 0 spiro atoms. The summed E-state index contributed by atoms with van der Waals surface area (Å²) in [6.07, 6.45) is 0. The molecular formula is C21H16N5OS+. The van der Waals surface area contributed by atoms with E-state index in [1.54, 1.807) is 28.0 Å². The average molecular weight is 386 g/mol. The van der Waals surface area contributed by atoms with Crippen molar-refractivity contribution in [2.24, 2.45) is 0 Å². The smallest absolute Gasteiger partial charge is 0.365 e. The lowest BCUT2D eigenvalue weighted by Crippen LogP contribution is -2.43. The second kappa shape index (κ2) is 6.86. The topological polar surface area (TPSA) is 56.7 Å². The van der Waals surface area contributed by atoms with E-state index in [-0.39, 0.29) is 0 Å². The minimum atomic E-state index is 0.635. The van der Waals surface area contributed by atoms with Crippen LogP contribution >= 0.6 is 11.3 Å². The monoisotopic (exact) mass is 386 g/mol. The third kappa shape index (κ3) is 2.91. The Bertz CT molecular complexity index is 1210. The largest absolute Gasteiger partial charge is 0.497 e. The van der Waals surface area contributed by atoms with Gasteiger partial charge in [-0.1, -0.05) is 46.7 Å². The highest BCUT2D eigenvalue weighted by molar-refractivity contribution is 7.20. The van der Waals surface area contributed by atoms with Gasteiger partial charge < -0.3 is 4.74 Å². The van der Waals surface area contributed by atoms with Crippen molar-refractivity contribution in [1.29, 1.82) is 0 Å². The normalized spacial score (nSPS) is 11.0. The van der Waals surface area contributed by atoms with Gasteiger partial charge >= 0.3 is 5.13 Å². The van der Waals surface area contributed by atoms with Crippen molar-refractivity contribution >= 4 is 21.6 Å². The second-order valence-corrected chi connectivity index (χ2v) is 7.14. The van der Waals surface area contributed by atoms with Crippen molar-refractivity contribution < 1.29 is 9.53 Å². The van der Waals surface area contributed by atoms with Gasteiger partial charge in [0.1, 0.15) is 11.4 Å². The van der Waals surface area contributed by atoms with Gasteiger partial charge in [0.25, 0.3) is 5.82 Å². The van der Waals surface area contributed by atoms with E-state index in [9.17, 15) is 0 Å². The molecule has 0 atom stereocenters. The van der Waals surface area contributed by atoms with Crippen LogP contribution in [0.4, 0.5) is 0 Å². The standard InChI is InChI=1S/C21H16N5OS/c1-27-17-13-11-16(12-14-17)25-23-20(15-7-3-2-4-8-15)24-26(25)21-22-18-9-5-6-10-19(18)28-21/h2-14H,1H3/q+1. The predicted molar refractivity (Wildman–Crippen MR) is 108 cm³/mol. The van der Waals surface area contributed by atoms with E-state index >= 15 is 0 Å². The zero-order chi connectivity index (χ0) is 18.9. The molecular weight excluding hydrogens is 370 g/mol. The number of tetrazole rings is 1. The van der Waals surface area contributed by atoms with E-state index in [1.807, 2.05) is 72.8 Å². The molecule has 0 aliphatic rings. The van der Waals surface area contributed by atoms with Gasteiger partial charge in [-0.3, -0.25) is 0 Å². The lowest BCUT2D eigenvalue weighted by Gasteiger charge is -2.01. The highest BCUT2D eigenvalue weighted by Gasteiger charge is 2.24. The number of thiazole rings is 1. The van der Waals surface area contributed by atoms with Crippen LogP contribution in [0.2, 0.25) is 0 Å².